The molecule has 6 aliphatic rings. The Kier molecular flexibility index (Phi) is 14.4. The third-order valence-electron chi connectivity index (χ3n) is 16.5. The van der Waals surface area contributed by atoms with E-state index in [4.69, 9.17) is 67.8 Å². The number of hydrogen-bond donors (Lipinski definition) is 0. The number of allylic oxidation sites excluding steroid dienone is 8. The van der Waals surface area contributed by atoms with E-state index in [1.165, 1.54) is 22.7 Å². The number of hydrogen-bond acceptors (Lipinski definition) is 14. The molecule has 0 radical (unpaired) electrons. The summed E-state index contributed by atoms with van der Waals surface area (Å²) in [6.07, 6.45) is 11.8. The highest BCUT2D eigenvalue weighted by atomic mass is 32.1. The van der Waals surface area contributed by atoms with Crippen molar-refractivity contribution < 1.29 is 38.1 Å². The van der Waals surface area contributed by atoms with Crippen molar-refractivity contribution in [1.82, 2.24) is 0 Å². The number of carbonyl (C=O) groups excluding carboxylic acids is 4. The zero-order valence-corrected chi connectivity index (χ0v) is 50.4. The number of benzene rings is 6. The van der Waals surface area contributed by atoms with Crippen LogP contribution < -0.4 is 0 Å². The molecule has 2 unspecified atom stereocenters. The molecular formula is C72H46O8S6. The van der Waals surface area contributed by atoms with Gasteiger partial charge < -0.3 is 18.9 Å². The summed E-state index contributed by atoms with van der Waals surface area (Å²) in [4.78, 5) is 68.1. The monoisotopic (exact) mass is 1230 g/mol. The summed E-state index contributed by atoms with van der Waals surface area (Å²) in [5.74, 6) is -4.33. The van der Waals surface area contributed by atoms with E-state index in [1.54, 1.807) is 0 Å². The Morgan fingerprint density at radius 1 is 0.384 bits per heavy atom. The SMILES string of the molecule is O=C(OCc1ccccc1)C1(C(=O)OCc2ccccc2)C2=CC3C=C4C(=CC3C=C2c2sc(C=C3C(=S)c5ccccc5C3=S)cc21)C(C(=O)OCc1ccccc1)(C(=O)OCc1ccccc1)c1cc(C=C2C(=S)c3ccccc3C2=S)sc14. The molecule has 0 saturated carbocycles. The molecule has 418 valence electrons. The van der Waals surface area contributed by atoms with Crippen LogP contribution in [0.25, 0.3) is 23.3 Å². The van der Waals surface area contributed by atoms with Crippen LogP contribution >= 0.6 is 71.5 Å². The normalized spacial score (nSPS) is 17.7. The van der Waals surface area contributed by atoms with Crippen LogP contribution in [0.2, 0.25) is 0 Å². The van der Waals surface area contributed by atoms with E-state index >= 15 is 19.2 Å². The molecule has 14 heteroatoms. The Bertz CT molecular complexity index is 3990. The lowest BCUT2D eigenvalue weighted by Gasteiger charge is -2.35. The van der Waals surface area contributed by atoms with Gasteiger partial charge in [-0.15, -0.1) is 22.7 Å². The van der Waals surface area contributed by atoms with Crippen molar-refractivity contribution in [2.24, 2.45) is 11.8 Å². The van der Waals surface area contributed by atoms with Crippen LogP contribution in [0.1, 0.15) is 75.1 Å². The summed E-state index contributed by atoms with van der Waals surface area (Å²) in [6.45, 7) is -0.488. The predicted molar refractivity (Wildman–Crippen MR) is 352 cm³/mol. The van der Waals surface area contributed by atoms with Gasteiger partial charge >= 0.3 is 23.9 Å². The van der Waals surface area contributed by atoms with Gasteiger partial charge in [0.25, 0.3) is 0 Å². The lowest BCUT2D eigenvalue weighted by Crippen LogP contribution is -2.47. The highest BCUT2D eigenvalue weighted by molar-refractivity contribution is 7.84. The van der Waals surface area contributed by atoms with Gasteiger partial charge in [0.2, 0.25) is 10.8 Å². The Labute approximate surface area is 525 Å². The summed E-state index contributed by atoms with van der Waals surface area (Å²) in [5.41, 5.74) is 6.26. The van der Waals surface area contributed by atoms with Crippen molar-refractivity contribution in [2.45, 2.75) is 37.3 Å². The molecule has 0 spiro atoms. The maximum atomic E-state index is 15.8. The molecule has 2 atom stereocenters. The quantitative estimate of drug-likeness (QED) is 0.0340. The molecule has 14 rings (SSSR count). The average Bonchev–Trinajstić information content (AvgIpc) is 1.71. The standard InChI is InChI=1S/C72H46O8S6/c73-67(77-37-41-17-5-1-6-18-41)71(68(74)78-38-42-19-7-2-8-20-42)57-31-45-30-54-58(32-46(45)29-53(57)65-59(71)35-47(85-65)33-55-61(81)49-25-13-14-26-50(49)62(55)82)72(69(75)79-39-43-21-9-3-10-22-43,70(76)80-40-44-23-11-4-12-24-44)60-36-48(86-66(54)60)34-56-63(83)51-27-15-16-28-52(51)64(56)84/h1-36,45-46H,37-40H2. The van der Waals surface area contributed by atoms with Crippen LogP contribution in [0, 0.1) is 11.8 Å². The maximum Gasteiger partial charge on any atom is 0.333 e. The summed E-state index contributed by atoms with van der Waals surface area (Å²) in [5, 5.41) is 0. The number of carbonyl (C=O) groups is 4. The van der Waals surface area contributed by atoms with E-state index in [0.717, 1.165) is 44.5 Å². The Balaban J connectivity index is 0.950. The van der Waals surface area contributed by atoms with E-state index in [-0.39, 0.29) is 26.4 Å². The second-order valence-electron chi connectivity index (χ2n) is 21.5. The van der Waals surface area contributed by atoms with E-state index in [2.05, 4.69) is 0 Å². The lowest BCUT2D eigenvalue weighted by atomic mass is 9.68. The van der Waals surface area contributed by atoms with Crippen molar-refractivity contribution in [3.05, 3.63) is 304 Å². The van der Waals surface area contributed by atoms with Crippen molar-refractivity contribution in [1.29, 1.82) is 0 Å². The molecule has 0 aliphatic heterocycles. The van der Waals surface area contributed by atoms with Gasteiger partial charge in [-0.2, -0.15) is 0 Å². The number of rotatable bonds is 14. The van der Waals surface area contributed by atoms with Crippen molar-refractivity contribution in [3.63, 3.8) is 0 Å². The topological polar surface area (TPSA) is 105 Å². The van der Waals surface area contributed by atoms with E-state index < -0.39 is 46.5 Å². The first kappa shape index (κ1) is 55.3. The number of thiophene rings is 2. The molecule has 0 N–H and O–H groups in total. The largest absolute Gasteiger partial charge is 0.459 e. The third kappa shape index (κ3) is 9.16. The molecule has 8 nitrogen and oxygen atoms in total. The summed E-state index contributed by atoms with van der Waals surface area (Å²) in [6, 6.07) is 56.5. The fourth-order valence-corrected chi connectivity index (χ4v) is 16.3. The van der Waals surface area contributed by atoms with E-state index in [1.807, 2.05) is 218 Å². The highest BCUT2D eigenvalue weighted by Gasteiger charge is 2.64. The van der Waals surface area contributed by atoms with Crippen LogP contribution in [0.3, 0.4) is 0 Å². The fourth-order valence-electron chi connectivity index (χ4n) is 12.4. The van der Waals surface area contributed by atoms with Gasteiger partial charge in [-0.25, -0.2) is 0 Å². The minimum atomic E-state index is -2.13. The number of ether oxygens (including phenoxy) is 4. The second kappa shape index (κ2) is 22.4. The van der Waals surface area contributed by atoms with Gasteiger partial charge in [0.1, 0.15) is 26.4 Å². The Morgan fingerprint density at radius 2 is 0.651 bits per heavy atom. The maximum absolute atomic E-state index is 15.8. The molecule has 6 aromatic carbocycles. The third-order valence-corrected chi connectivity index (χ3v) is 20.5. The molecule has 2 heterocycles. The zero-order chi connectivity index (χ0) is 58.8. The molecule has 6 aliphatic carbocycles. The average molecular weight is 1230 g/mol. The summed E-state index contributed by atoms with van der Waals surface area (Å²) in [7, 11) is 0. The molecule has 0 amide bonds. The smallest absolute Gasteiger partial charge is 0.333 e. The van der Waals surface area contributed by atoms with Crippen LogP contribution in [-0.2, 0) is 75.4 Å². The van der Waals surface area contributed by atoms with Gasteiger partial charge in [-0.05, 0) is 68.8 Å². The number of thiocarbonyl (C=S) groups is 4. The molecule has 0 fully saturated rings. The first-order chi connectivity index (χ1) is 41.9. The lowest BCUT2D eigenvalue weighted by molar-refractivity contribution is -0.166. The number of fused-ring (bicyclic) bond motifs is 9. The predicted octanol–water partition coefficient (Wildman–Crippen LogP) is 14.9. The minimum absolute atomic E-state index is 0.122. The summed E-state index contributed by atoms with van der Waals surface area (Å²) < 4.78 is 25.3. The van der Waals surface area contributed by atoms with Crippen molar-refractivity contribution in [3.8, 4) is 0 Å². The highest BCUT2D eigenvalue weighted by Crippen LogP contribution is 2.62. The summed E-state index contributed by atoms with van der Waals surface area (Å²) >= 11 is 27.0. The fraction of sp³-hybridized carbons (Fsp3) is 0.111. The van der Waals surface area contributed by atoms with E-state index in [0.29, 0.717) is 83.5 Å². The van der Waals surface area contributed by atoms with Crippen LogP contribution in [0.15, 0.2) is 229 Å². The van der Waals surface area contributed by atoms with Crippen molar-refractivity contribution in [2.75, 3.05) is 0 Å². The minimum Gasteiger partial charge on any atom is -0.459 e. The number of esters is 4. The second-order valence-corrected chi connectivity index (χ2v) is 25.3. The molecule has 8 aromatic rings. The molecule has 0 bridgehead atoms. The molecular weight excluding hydrogens is 1190 g/mol. The van der Waals surface area contributed by atoms with Crippen LogP contribution in [-0.4, -0.2) is 43.3 Å². The Hall–Kier alpha value is -8.60. The first-order valence-corrected chi connectivity index (χ1v) is 31.0. The molecule has 86 heavy (non-hydrogen) atoms. The Morgan fingerprint density at radius 3 is 0.930 bits per heavy atom. The van der Waals surface area contributed by atoms with Gasteiger partial charge in [0.15, 0.2) is 0 Å². The zero-order valence-electron chi connectivity index (χ0n) is 45.5. The molecule has 0 saturated heterocycles. The van der Waals surface area contributed by atoms with Crippen molar-refractivity contribution >= 4 is 138 Å². The van der Waals surface area contributed by atoms with E-state index in [9.17, 15) is 0 Å². The van der Waals surface area contributed by atoms with Gasteiger partial charge in [-0.3, -0.25) is 19.2 Å². The van der Waals surface area contributed by atoms with Gasteiger partial charge in [-0.1, -0.05) is 243 Å². The van der Waals surface area contributed by atoms with Gasteiger partial charge in [0, 0.05) is 75.9 Å². The molecule has 2 aromatic heterocycles. The first-order valence-electron chi connectivity index (χ1n) is 27.8. The van der Waals surface area contributed by atoms with Crippen LogP contribution in [0.5, 0.6) is 0 Å². The van der Waals surface area contributed by atoms with Gasteiger partial charge in [0.05, 0.1) is 19.5 Å². The van der Waals surface area contributed by atoms with Crippen LogP contribution in [0.4, 0.5) is 0 Å².